The van der Waals surface area contributed by atoms with Gasteiger partial charge < -0.3 is 24.7 Å². The standard InChI is InChI=1S/C26H26N4O4/c1-3-29(4-2)9-10-30-14-20(18-12-16(32)6-8-22(18)30)24-23(25(33)28-26(24)34)19-13-27-21-7-5-15(31)11-17(19)21/h5-8,11-14,27,31-32H,3-4,9-10H2,1-2H3,(H,28,33,34). The number of phenols is 2. The molecule has 4 N–H and O–H groups in total. The van der Waals surface area contributed by atoms with Crippen molar-refractivity contribution < 1.29 is 19.8 Å². The normalized spacial score (nSPS) is 14.2. The molecule has 0 saturated carbocycles. The quantitative estimate of drug-likeness (QED) is 0.317. The number of nitrogens with one attached hydrogen (secondary N) is 2. The van der Waals surface area contributed by atoms with Crippen LogP contribution in [0, 0.1) is 0 Å². The molecule has 34 heavy (non-hydrogen) atoms. The first kappa shape index (κ1) is 21.8. The number of H-pyrrole nitrogens is 1. The molecule has 2 amide bonds. The number of likely N-dealkylation sites (N-methyl/N-ethyl adjacent to an activating group) is 1. The van der Waals surface area contributed by atoms with E-state index in [1.165, 1.54) is 0 Å². The van der Waals surface area contributed by atoms with Gasteiger partial charge in [-0.15, -0.1) is 0 Å². The molecule has 4 aromatic rings. The topological polar surface area (TPSA) is 111 Å². The number of benzene rings is 2. The zero-order chi connectivity index (χ0) is 24.0. The Morgan fingerprint density at radius 3 is 2.24 bits per heavy atom. The highest BCUT2D eigenvalue weighted by Crippen LogP contribution is 2.39. The Hall–Kier alpha value is -4.04. The van der Waals surface area contributed by atoms with Gasteiger partial charge in [0.1, 0.15) is 11.5 Å². The van der Waals surface area contributed by atoms with Crippen LogP contribution in [-0.2, 0) is 16.1 Å². The van der Waals surface area contributed by atoms with Gasteiger partial charge in [0, 0.05) is 58.4 Å². The largest absolute Gasteiger partial charge is 0.508 e. The molecule has 8 nitrogen and oxygen atoms in total. The van der Waals surface area contributed by atoms with E-state index in [2.05, 4.69) is 33.6 Å². The summed E-state index contributed by atoms with van der Waals surface area (Å²) in [5, 5.41) is 24.0. The Labute approximate surface area is 196 Å². The van der Waals surface area contributed by atoms with E-state index in [9.17, 15) is 19.8 Å². The fourth-order valence-corrected chi connectivity index (χ4v) is 4.74. The first-order valence-corrected chi connectivity index (χ1v) is 11.4. The third kappa shape index (κ3) is 3.52. The molecule has 0 saturated heterocycles. The molecular weight excluding hydrogens is 432 g/mol. The van der Waals surface area contributed by atoms with Gasteiger partial charge in [-0.25, -0.2) is 0 Å². The summed E-state index contributed by atoms with van der Waals surface area (Å²) >= 11 is 0. The number of hydrogen-bond acceptors (Lipinski definition) is 5. The molecule has 0 fully saturated rings. The molecule has 0 spiro atoms. The molecule has 0 aliphatic carbocycles. The lowest BCUT2D eigenvalue weighted by Crippen LogP contribution is -2.26. The molecule has 2 aromatic heterocycles. The molecular formula is C26H26N4O4. The average molecular weight is 459 g/mol. The number of carbonyl (C=O) groups is 2. The minimum atomic E-state index is -0.492. The lowest BCUT2D eigenvalue weighted by atomic mass is 9.95. The van der Waals surface area contributed by atoms with Gasteiger partial charge in [-0.2, -0.15) is 0 Å². The summed E-state index contributed by atoms with van der Waals surface area (Å²) in [6.07, 6.45) is 3.56. The number of aromatic hydroxyl groups is 2. The number of amides is 2. The van der Waals surface area contributed by atoms with Crippen molar-refractivity contribution in [2.45, 2.75) is 20.4 Å². The predicted octanol–water partition coefficient (Wildman–Crippen LogP) is 3.44. The monoisotopic (exact) mass is 458 g/mol. The second-order valence-corrected chi connectivity index (χ2v) is 8.43. The third-order valence-corrected chi connectivity index (χ3v) is 6.55. The van der Waals surface area contributed by atoms with Gasteiger partial charge in [0.05, 0.1) is 11.1 Å². The summed E-state index contributed by atoms with van der Waals surface area (Å²) in [7, 11) is 0. The van der Waals surface area contributed by atoms with Crippen molar-refractivity contribution in [3.63, 3.8) is 0 Å². The van der Waals surface area contributed by atoms with Gasteiger partial charge in [0.25, 0.3) is 11.8 Å². The van der Waals surface area contributed by atoms with Crippen LogP contribution in [0.3, 0.4) is 0 Å². The Morgan fingerprint density at radius 1 is 0.882 bits per heavy atom. The molecule has 1 aliphatic heterocycles. The van der Waals surface area contributed by atoms with E-state index >= 15 is 0 Å². The molecule has 0 unspecified atom stereocenters. The van der Waals surface area contributed by atoms with Gasteiger partial charge in [-0.05, 0) is 49.5 Å². The highest BCUT2D eigenvalue weighted by atomic mass is 16.3. The average Bonchev–Trinajstić information content (AvgIpc) is 3.46. The molecule has 2 aromatic carbocycles. The van der Waals surface area contributed by atoms with Gasteiger partial charge in [0.15, 0.2) is 0 Å². The smallest absolute Gasteiger partial charge is 0.259 e. The van der Waals surface area contributed by atoms with Gasteiger partial charge in [-0.1, -0.05) is 13.8 Å². The highest BCUT2D eigenvalue weighted by molar-refractivity contribution is 6.50. The predicted molar refractivity (Wildman–Crippen MR) is 131 cm³/mol. The van der Waals surface area contributed by atoms with E-state index in [1.54, 1.807) is 36.5 Å². The summed E-state index contributed by atoms with van der Waals surface area (Å²) in [5.74, 6) is -0.827. The lowest BCUT2D eigenvalue weighted by molar-refractivity contribution is -0.122. The van der Waals surface area contributed by atoms with Crippen molar-refractivity contribution in [2.75, 3.05) is 19.6 Å². The van der Waals surface area contributed by atoms with Crippen molar-refractivity contribution in [1.29, 1.82) is 0 Å². The van der Waals surface area contributed by atoms with E-state index in [0.29, 0.717) is 28.4 Å². The molecule has 0 radical (unpaired) electrons. The fraction of sp³-hybridized carbons (Fsp3) is 0.231. The van der Waals surface area contributed by atoms with Crippen molar-refractivity contribution in [1.82, 2.24) is 19.8 Å². The maximum atomic E-state index is 13.1. The van der Waals surface area contributed by atoms with Gasteiger partial charge in [-0.3, -0.25) is 14.9 Å². The summed E-state index contributed by atoms with van der Waals surface area (Å²) < 4.78 is 2.06. The van der Waals surface area contributed by atoms with Crippen LogP contribution in [-0.4, -0.2) is 56.1 Å². The first-order valence-electron chi connectivity index (χ1n) is 11.4. The summed E-state index contributed by atoms with van der Waals surface area (Å²) in [6.45, 7) is 7.63. The number of aromatic nitrogens is 2. The number of fused-ring (bicyclic) bond motifs is 2. The van der Waals surface area contributed by atoms with Crippen molar-refractivity contribution in [3.05, 3.63) is 59.9 Å². The Bertz CT molecular complexity index is 1470. The first-order chi connectivity index (χ1) is 16.4. The maximum absolute atomic E-state index is 13.1. The van der Waals surface area contributed by atoms with Gasteiger partial charge >= 0.3 is 0 Å². The SMILES string of the molecule is CCN(CC)CCn1cc(C2=C(c3c[nH]c4ccc(O)cc34)C(=O)NC2=O)c2cc(O)ccc21. The van der Waals surface area contributed by atoms with Gasteiger partial charge in [0.2, 0.25) is 0 Å². The summed E-state index contributed by atoms with van der Waals surface area (Å²) in [4.78, 5) is 31.4. The molecule has 0 bridgehead atoms. The summed E-state index contributed by atoms with van der Waals surface area (Å²) in [6, 6.07) is 9.93. The van der Waals surface area contributed by atoms with E-state index in [0.717, 1.165) is 30.7 Å². The zero-order valence-corrected chi connectivity index (χ0v) is 19.1. The van der Waals surface area contributed by atoms with Crippen molar-refractivity contribution >= 4 is 44.8 Å². The Balaban J connectivity index is 1.72. The van der Waals surface area contributed by atoms with E-state index in [1.807, 2.05) is 12.3 Å². The number of phenolic OH excluding ortho intramolecular Hbond substituents is 2. The van der Waals surface area contributed by atoms with Crippen LogP contribution < -0.4 is 5.32 Å². The van der Waals surface area contributed by atoms with Crippen molar-refractivity contribution in [2.24, 2.45) is 0 Å². The van der Waals surface area contributed by atoms with Crippen LogP contribution in [0.1, 0.15) is 25.0 Å². The number of nitrogens with zero attached hydrogens (tertiary/aromatic N) is 2. The molecule has 0 atom stereocenters. The Morgan fingerprint density at radius 2 is 1.53 bits per heavy atom. The molecule has 5 rings (SSSR count). The second kappa shape index (κ2) is 8.39. The Kier molecular flexibility index (Phi) is 5.37. The van der Waals surface area contributed by atoms with Crippen molar-refractivity contribution in [3.8, 4) is 11.5 Å². The number of imide groups is 1. The fourth-order valence-electron chi connectivity index (χ4n) is 4.74. The maximum Gasteiger partial charge on any atom is 0.259 e. The van der Waals surface area contributed by atoms with Crippen LogP contribution in [0.4, 0.5) is 0 Å². The lowest BCUT2D eigenvalue weighted by Gasteiger charge is -2.18. The second-order valence-electron chi connectivity index (χ2n) is 8.43. The highest BCUT2D eigenvalue weighted by Gasteiger charge is 2.35. The van der Waals surface area contributed by atoms with E-state index in [4.69, 9.17) is 0 Å². The van der Waals surface area contributed by atoms with Crippen LogP contribution in [0.15, 0.2) is 48.8 Å². The number of hydrogen-bond donors (Lipinski definition) is 4. The van der Waals surface area contributed by atoms with Crippen LogP contribution in [0.5, 0.6) is 11.5 Å². The third-order valence-electron chi connectivity index (χ3n) is 6.55. The molecule has 174 valence electrons. The van der Waals surface area contributed by atoms with Crippen LogP contribution in [0.2, 0.25) is 0 Å². The number of aromatic amines is 1. The number of rotatable bonds is 7. The van der Waals surface area contributed by atoms with Crippen LogP contribution in [0.25, 0.3) is 33.0 Å². The zero-order valence-electron chi connectivity index (χ0n) is 19.1. The minimum Gasteiger partial charge on any atom is -0.508 e. The van der Waals surface area contributed by atoms with Crippen LogP contribution >= 0.6 is 0 Å². The minimum absolute atomic E-state index is 0.0677. The number of carbonyl (C=O) groups excluding carboxylic acids is 2. The molecule has 1 aliphatic rings. The summed E-state index contributed by atoms with van der Waals surface area (Å²) in [5.41, 5.74) is 3.23. The van der Waals surface area contributed by atoms with E-state index in [-0.39, 0.29) is 22.6 Å². The van der Waals surface area contributed by atoms with E-state index < -0.39 is 11.8 Å². The molecule has 3 heterocycles. The molecule has 8 heteroatoms.